The van der Waals surface area contributed by atoms with Crippen LogP contribution in [0.4, 0.5) is 26.3 Å². The number of ketones is 1. The summed E-state index contributed by atoms with van der Waals surface area (Å²) in [6, 6.07) is -2.55. The number of ether oxygens (including phenoxy) is 1. The number of amides is 1. The molecule has 186 valence electrons. The molecular formula is C15H15ClF6N4O6S. The molecule has 2 rings (SSSR count). The van der Waals surface area contributed by atoms with Crippen molar-refractivity contribution in [2.24, 2.45) is 5.73 Å². The molecule has 10 nitrogen and oxygen atoms in total. The SMILES string of the molecule is C[C@](Cl)(COc1ncccc1C(N)=O)N(C1CONC1C(=O)C(F)(F)F)S(=O)(=O)C(F)(F)F. The Labute approximate surface area is 187 Å². The molecular weight excluding hydrogens is 514 g/mol. The molecule has 1 amide bonds. The van der Waals surface area contributed by atoms with Crippen LogP contribution in [0.1, 0.15) is 17.3 Å². The monoisotopic (exact) mass is 528 g/mol. The third kappa shape index (κ3) is 5.65. The summed E-state index contributed by atoms with van der Waals surface area (Å²) in [5.74, 6) is -4.19. The van der Waals surface area contributed by atoms with E-state index in [0.717, 1.165) is 12.3 Å². The number of nitrogens with two attached hydrogens (primary N) is 1. The molecule has 0 aliphatic carbocycles. The molecule has 1 aromatic heterocycles. The van der Waals surface area contributed by atoms with Gasteiger partial charge in [-0.05, 0) is 19.1 Å². The van der Waals surface area contributed by atoms with Gasteiger partial charge < -0.3 is 10.5 Å². The zero-order valence-electron chi connectivity index (χ0n) is 16.3. The van der Waals surface area contributed by atoms with Crippen LogP contribution in [-0.4, -0.2) is 71.4 Å². The number of nitrogens with one attached hydrogen (secondary N) is 1. The van der Waals surface area contributed by atoms with Gasteiger partial charge >= 0.3 is 21.7 Å². The van der Waals surface area contributed by atoms with Crippen molar-refractivity contribution < 1.29 is 53.9 Å². The number of carbonyl (C=O) groups is 2. The molecule has 1 aliphatic heterocycles. The molecule has 3 N–H and O–H groups in total. The van der Waals surface area contributed by atoms with Crippen LogP contribution >= 0.6 is 11.6 Å². The second-order valence-corrected chi connectivity index (χ2v) is 9.35. The molecule has 18 heteroatoms. The van der Waals surface area contributed by atoms with Gasteiger partial charge in [0.2, 0.25) is 5.88 Å². The fourth-order valence-electron chi connectivity index (χ4n) is 2.85. The maximum atomic E-state index is 13.4. The van der Waals surface area contributed by atoms with E-state index in [-0.39, 0.29) is 5.56 Å². The van der Waals surface area contributed by atoms with Gasteiger partial charge in [0.05, 0.1) is 12.6 Å². The van der Waals surface area contributed by atoms with E-state index in [2.05, 4.69) is 9.82 Å². The maximum absolute atomic E-state index is 13.4. The van der Waals surface area contributed by atoms with E-state index in [9.17, 15) is 44.3 Å². The van der Waals surface area contributed by atoms with Gasteiger partial charge in [-0.25, -0.2) is 13.4 Å². The second kappa shape index (κ2) is 9.21. The summed E-state index contributed by atoms with van der Waals surface area (Å²) < 4.78 is 108. The Balaban J connectivity index is 2.50. The van der Waals surface area contributed by atoms with E-state index in [0.29, 0.717) is 6.92 Å². The summed E-state index contributed by atoms with van der Waals surface area (Å²) in [5, 5.41) is 0. The normalized spacial score (nSPS) is 21.6. The number of Topliss-reactive ketones (excluding diaryl/α,β-unsaturated/α-hetero) is 1. The van der Waals surface area contributed by atoms with E-state index < -0.39 is 73.9 Å². The predicted molar refractivity (Wildman–Crippen MR) is 97.0 cm³/mol. The Morgan fingerprint density at radius 2 is 1.94 bits per heavy atom. The summed E-state index contributed by atoms with van der Waals surface area (Å²) in [6.45, 7) is -1.58. The third-order valence-electron chi connectivity index (χ3n) is 4.23. The highest BCUT2D eigenvalue weighted by molar-refractivity contribution is 7.90. The van der Waals surface area contributed by atoms with Gasteiger partial charge in [-0.1, -0.05) is 11.6 Å². The van der Waals surface area contributed by atoms with Gasteiger partial charge in [-0.3, -0.25) is 14.4 Å². The Morgan fingerprint density at radius 3 is 2.45 bits per heavy atom. The van der Waals surface area contributed by atoms with Crippen molar-refractivity contribution in [2.75, 3.05) is 13.2 Å². The minimum absolute atomic E-state index is 0.341. The second-order valence-electron chi connectivity index (χ2n) is 6.73. The number of aromatic nitrogens is 1. The number of hydroxylamine groups is 1. The number of halogens is 7. The number of hydrogen-bond acceptors (Lipinski definition) is 8. The first-order valence-corrected chi connectivity index (χ1v) is 10.4. The van der Waals surface area contributed by atoms with Gasteiger partial charge in [0, 0.05) is 6.20 Å². The molecule has 0 bridgehead atoms. The van der Waals surface area contributed by atoms with Crippen molar-refractivity contribution in [1.29, 1.82) is 0 Å². The average Bonchev–Trinajstić information content (AvgIpc) is 3.12. The Bertz CT molecular complexity index is 1020. The van der Waals surface area contributed by atoms with Crippen molar-refractivity contribution in [1.82, 2.24) is 14.8 Å². The number of alkyl halides is 7. The fourth-order valence-corrected chi connectivity index (χ4v) is 4.62. The molecule has 1 aliphatic rings. The first-order valence-electron chi connectivity index (χ1n) is 8.57. The summed E-state index contributed by atoms with van der Waals surface area (Å²) in [6.07, 6.45) is -4.44. The van der Waals surface area contributed by atoms with Crippen LogP contribution in [0.2, 0.25) is 0 Å². The van der Waals surface area contributed by atoms with Gasteiger partial charge in [-0.2, -0.15) is 36.1 Å². The lowest BCUT2D eigenvalue weighted by atomic mass is 10.0. The van der Waals surface area contributed by atoms with Crippen molar-refractivity contribution in [2.45, 2.75) is 35.7 Å². The van der Waals surface area contributed by atoms with Crippen LogP contribution in [-0.2, 0) is 19.7 Å². The molecule has 1 fully saturated rings. The van der Waals surface area contributed by atoms with Crippen LogP contribution in [0, 0.1) is 0 Å². The first kappa shape index (κ1) is 27.0. The number of carbonyl (C=O) groups excluding carboxylic acids is 2. The minimum atomic E-state index is -6.45. The number of pyridine rings is 1. The summed E-state index contributed by atoms with van der Waals surface area (Å²) in [5.41, 5.74) is 0.319. The Kier molecular flexibility index (Phi) is 7.54. The Morgan fingerprint density at radius 1 is 1.33 bits per heavy atom. The Hall–Kier alpha value is -2.21. The molecule has 0 spiro atoms. The zero-order valence-corrected chi connectivity index (χ0v) is 17.8. The average molecular weight is 529 g/mol. The molecule has 0 aromatic carbocycles. The van der Waals surface area contributed by atoms with Crippen molar-refractivity contribution in [3.8, 4) is 5.88 Å². The summed E-state index contributed by atoms with van der Waals surface area (Å²) in [4.78, 5) is 28.5. The van der Waals surface area contributed by atoms with E-state index in [1.807, 2.05) is 0 Å². The van der Waals surface area contributed by atoms with E-state index in [1.165, 1.54) is 6.07 Å². The van der Waals surface area contributed by atoms with Crippen LogP contribution in [0.25, 0.3) is 0 Å². The van der Waals surface area contributed by atoms with E-state index in [4.69, 9.17) is 22.1 Å². The zero-order chi connectivity index (χ0) is 25.4. The maximum Gasteiger partial charge on any atom is 0.511 e. The van der Waals surface area contributed by atoms with Crippen molar-refractivity contribution in [3.05, 3.63) is 23.9 Å². The quantitative estimate of drug-likeness (QED) is 0.290. The molecule has 33 heavy (non-hydrogen) atoms. The van der Waals surface area contributed by atoms with Gasteiger partial charge in [0.25, 0.3) is 11.7 Å². The molecule has 1 saturated heterocycles. The summed E-state index contributed by atoms with van der Waals surface area (Å²) in [7, 11) is -6.45. The van der Waals surface area contributed by atoms with Crippen molar-refractivity contribution >= 4 is 33.3 Å². The van der Waals surface area contributed by atoms with Crippen LogP contribution < -0.4 is 16.0 Å². The molecule has 2 unspecified atom stereocenters. The lowest BCUT2D eigenvalue weighted by Crippen LogP contribution is -2.63. The molecule has 3 atom stereocenters. The largest absolute Gasteiger partial charge is 0.511 e. The van der Waals surface area contributed by atoms with E-state index in [1.54, 1.807) is 5.48 Å². The minimum Gasteiger partial charge on any atom is -0.474 e. The van der Waals surface area contributed by atoms with Crippen LogP contribution in [0.3, 0.4) is 0 Å². The van der Waals surface area contributed by atoms with Gasteiger partial charge in [0.1, 0.15) is 23.2 Å². The molecule has 2 heterocycles. The number of nitrogens with zero attached hydrogens (tertiary/aromatic N) is 2. The van der Waals surface area contributed by atoms with Gasteiger partial charge in [-0.15, -0.1) is 0 Å². The smallest absolute Gasteiger partial charge is 0.474 e. The lowest BCUT2D eigenvalue weighted by molar-refractivity contribution is -0.175. The topological polar surface area (TPSA) is 141 Å². The number of hydrogen-bond donors (Lipinski definition) is 2. The first-order chi connectivity index (χ1) is 14.9. The number of sulfonamides is 1. The van der Waals surface area contributed by atoms with Crippen molar-refractivity contribution in [3.63, 3.8) is 0 Å². The molecule has 1 aromatic rings. The van der Waals surface area contributed by atoms with E-state index >= 15 is 0 Å². The number of rotatable bonds is 8. The lowest BCUT2D eigenvalue weighted by Gasteiger charge is -2.39. The highest BCUT2D eigenvalue weighted by atomic mass is 35.5. The van der Waals surface area contributed by atoms with Crippen LogP contribution in [0.15, 0.2) is 18.3 Å². The highest BCUT2D eigenvalue weighted by Crippen LogP contribution is 2.39. The van der Waals surface area contributed by atoms with Gasteiger partial charge in [0.15, 0.2) is 0 Å². The fraction of sp³-hybridized carbons (Fsp3) is 0.533. The standard InChI is InChI=1S/C15H15ClF6N4O6S/c1-13(16,6-31-12-7(11(23)28)3-2-4-24-12)26(33(29,30)15(20,21)22)8-5-32-25-9(8)10(27)14(17,18)19/h2-4,8-9,25H,5-6H2,1H3,(H2,23,28)/t8?,9?,13-/m1/s1. The molecule has 0 radical (unpaired) electrons. The third-order valence-corrected chi connectivity index (χ3v) is 6.40. The number of primary amides is 1. The predicted octanol–water partition coefficient (Wildman–Crippen LogP) is 1.07. The molecule has 0 saturated carbocycles. The summed E-state index contributed by atoms with van der Waals surface area (Å²) >= 11 is 6.04. The highest BCUT2D eigenvalue weighted by Gasteiger charge is 2.62. The van der Waals surface area contributed by atoms with Crippen LogP contribution in [0.5, 0.6) is 5.88 Å².